The van der Waals surface area contributed by atoms with Crippen molar-refractivity contribution in [1.29, 1.82) is 0 Å². The zero-order valence-corrected chi connectivity index (χ0v) is 20.8. The summed E-state index contributed by atoms with van der Waals surface area (Å²) in [7, 11) is 0. The summed E-state index contributed by atoms with van der Waals surface area (Å²) in [5.41, 5.74) is 0.974. The predicted octanol–water partition coefficient (Wildman–Crippen LogP) is 6.36. The number of nitrogens with one attached hydrogen (secondary N) is 1. The second-order valence-electron chi connectivity index (χ2n) is 9.84. The predicted molar refractivity (Wildman–Crippen MR) is 132 cm³/mol. The topological polar surface area (TPSA) is 69.6 Å². The Balaban J connectivity index is 1.36. The third-order valence-corrected chi connectivity index (χ3v) is 7.93. The van der Waals surface area contributed by atoms with Crippen LogP contribution in [0.5, 0.6) is 0 Å². The molecule has 0 spiro atoms. The summed E-state index contributed by atoms with van der Waals surface area (Å²) < 4.78 is 38.5. The van der Waals surface area contributed by atoms with Gasteiger partial charge in [0.15, 0.2) is 0 Å². The lowest BCUT2D eigenvalue weighted by Crippen LogP contribution is -2.45. The monoisotopic (exact) mass is 522 g/mol. The fourth-order valence-corrected chi connectivity index (χ4v) is 5.84. The molecular weight excluding hydrogens is 493 g/mol. The van der Waals surface area contributed by atoms with E-state index in [0.29, 0.717) is 36.5 Å². The summed E-state index contributed by atoms with van der Waals surface area (Å²) in [4.78, 5) is 26.9. The van der Waals surface area contributed by atoms with Crippen molar-refractivity contribution in [3.63, 3.8) is 0 Å². The molecule has 5 nitrogen and oxygen atoms in total. The van der Waals surface area contributed by atoms with Crippen LogP contribution < -0.4 is 10.2 Å². The molecule has 9 heteroatoms. The number of halogens is 4. The van der Waals surface area contributed by atoms with E-state index in [1.165, 1.54) is 18.2 Å². The number of hydrogen-bond donors (Lipinski definition) is 2. The Morgan fingerprint density at radius 2 is 1.72 bits per heavy atom. The number of benzene rings is 2. The van der Waals surface area contributed by atoms with Gasteiger partial charge in [-0.2, -0.15) is 13.2 Å². The number of nitrogens with zero attached hydrogens (tertiary/aromatic N) is 1. The van der Waals surface area contributed by atoms with Gasteiger partial charge < -0.3 is 15.3 Å². The van der Waals surface area contributed by atoms with Crippen LogP contribution in [0.25, 0.3) is 0 Å². The molecule has 1 heterocycles. The smallest absolute Gasteiger partial charge is 0.416 e. The lowest BCUT2D eigenvalue weighted by atomic mass is 9.81. The summed E-state index contributed by atoms with van der Waals surface area (Å²) in [6, 6.07) is 9.92. The fourth-order valence-electron chi connectivity index (χ4n) is 5.66. The molecule has 4 rings (SSSR count). The van der Waals surface area contributed by atoms with Gasteiger partial charge in [0, 0.05) is 35.8 Å². The first kappa shape index (κ1) is 26.3. The van der Waals surface area contributed by atoms with Crippen molar-refractivity contribution in [2.24, 2.45) is 11.8 Å². The first-order chi connectivity index (χ1) is 17.0. The lowest BCUT2D eigenvalue weighted by Gasteiger charge is -2.34. The van der Waals surface area contributed by atoms with Crippen molar-refractivity contribution in [2.45, 2.75) is 57.2 Å². The molecule has 36 heavy (non-hydrogen) atoms. The number of carboxylic acid groups (broad SMARTS) is 1. The van der Waals surface area contributed by atoms with Crippen LogP contribution in [-0.2, 0) is 11.0 Å². The van der Waals surface area contributed by atoms with Gasteiger partial charge in [-0.25, -0.2) is 4.79 Å². The molecule has 194 valence electrons. The van der Waals surface area contributed by atoms with Crippen LogP contribution in [0.2, 0.25) is 5.02 Å². The molecule has 3 unspecified atom stereocenters. The second kappa shape index (κ2) is 10.7. The third kappa shape index (κ3) is 5.80. The number of aromatic carboxylic acids is 1. The first-order valence-corrected chi connectivity index (χ1v) is 12.7. The summed E-state index contributed by atoms with van der Waals surface area (Å²) in [5, 5.41) is 13.3. The summed E-state index contributed by atoms with van der Waals surface area (Å²) in [5.74, 6) is -1.13. The Bertz CT molecular complexity index is 1100. The van der Waals surface area contributed by atoms with Crippen LogP contribution in [0.1, 0.15) is 66.4 Å². The molecular formula is C27H30ClF3N2O3. The van der Waals surface area contributed by atoms with E-state index >= 15 is 0 Å². The van der Waals surface area contributed by atoms with Crippen LogP contribution in [0.4, 0.5) is 18.9 Å². The maximum Gasteiger partial charge on any atom is 0.416 e. The highest BCUT2D eigenvalue weighted by Crippen LogP contribution is 2.40. The average molecular weight is 523 g/mol. The van der Waals surface area contributed by atoms with E-state index < -0.39 is 17.7 Å². The molecule has 1 aliphatic carbocycles. The van der Waals surface area contributed by atoms with Crippen molar-refractivity contribution in [3.05, 3.63) is 64.2 Å². The van der Waals surface area contributed by atoms with E-state index in [4.69, 9.17) is 11.6 Å². The number of carbonyl (C=O) groups is 2. The molecule has 1 amide bonds. The van der Waals surface area contributed by atoms with Gasteiger partial charge in [0.05, 0.1) is 11.1 Å². The van der Waals surface area contributed by atoms with Gasteiger partial charge in [0.25, 0.3) is 0 Å². The third-order valence-electron chi connectivity index (χ3n) is 7.70. The highest BCUT2D eigenvalue weighted by Gasteiger charge is 2.36. The Hall–Kier alpha value is -2.74. The number of amides is 1. The second-order valence-corrected chi connectivity index (χ2v) is 10.3. The standard InChI is InChI=1S/C27H30ClF3N2O3/c1-16(23-15-19(28)7-10-22(23)26(35)36)21-3-2-4-24(21)32-25(34)17-11-13-33(14-12-17)20-8-5-18(6-9-20)27(29,30)31/h5-10,15-17,21,24H,2-4,11-14H2,1H3,(H,32,34)(H,35,36). The van der Waals surface area contributed by atoms with Crippen molar-refractivity contribution in [1.82, 2.24) is 5.32 Å². The maximum atomic E-state index is 13.1. The minimum atomic E-state index is -4.36. The van der Waals surface area contributed by atoms with Crippen molar-refractivity contribution in [3.8, 4) is 0 Å². The van der Waals surface area contributed by atoms with Gasteiger partial charge in [0.2, 0.25) is 5.91 Å². The highest BCUT2D eigenvalue weighted by atomic mass is 35.5. The fraction of sp³-hybridized carbons (Fsp3) is 0.481. The van der Waals surface area contributed by atoms with Gasteiger partial charge in [-0.3, -0.25) is 4.79 Å². The number of carbonyl (C=O) groups excluding carboxylic acids is 1. The average Bonchev–Trinajstić information content (AvgIpc) is 3.31. The molecule has 2 fully saturated rings. The quantitative estimate of drug-likeness (QED) is 0.463. The highest BCUT2D eigenvalue weighted by molar-refractivity contribution is 6.30. The van der Waals surface area contributed by atoms with E-state index in [1.807, 2.05) is 11.8 Å². The summed E-state index contributed by atoms with van der Waals surface area (Å²) >= 11 is 6.16. The van der Waals surface area contributed by atoms with Crippen molar-refractivity contribution in [2.75, 3.05) is 18.0 Å². The number of piperidine rings is 1. The van der Waals surface area contributed by atoms with E-state index in [9.17, 15) is 27.9 Å². The Labute approximate surface area is 213 Å². The molecule has 0 aromatic heterocycles. The zero-order chi connectivity index (χ0) is 26.0. The SMILES string of the molecule is CC(c1cc(Cl)ccc1C(=O)O)C1CCCC1NC(=O)C1CCN(c2ccc(C(F)(F)F)cc2)CC1. The van der Waals surface area contributed by atoms with Crippen LogP contribution in [0.15, 0.2) is 42.5 Å². The Morgan fingerprint density at radius 1 is 1.06 bits per heavy atom. The largest absolute Gasteiger partial charge is 0.478 e. The molecule has 2 aromatic carbocycles. The molecule has 1 saturated carbocycles. The molecule has 2 aliphatic rings. The van der Waals surface area contributed by atoms with Gasteiger partial charge in [-0.05, 0) is 85.5 Å². The molecule has 2 aromatic rings. The van der Waals surface area contributed by atoms with Gasteiger partial charge in [-0.1, -0.05) is 24.9 Å². The molecule has 3 atom stereocenters. The first-order valence-electron chi connectivity index (χ1n) is 12.3. The van der Waals surface area contributed by atoms with Crippen LogP contribution >= 0.6 is 11.6 Å². The van der Waals surface area contributed by atoms with Crippen molar-refractivity contribution >= 4 is 29.2 Å². The minimum Gasteiger partial charge on any atom is -0.478 e. The molecule has 2 N–H and O–H groups in total. The number of alkyl halides is 3. The number of carboxylic acids is 1. The van der Waals surface area contributed by atoms with E-state index in [0.717, 1.165) is 37.1 Å². The molecule has 0 bridgehead atoms. The number of hydrogen-bond acceptors (Lipinski definition) is 3. The van der Waals surface area contributed by atoms with Crippen LogP contribution in [0.3, 0.4) is 0 Å². The summed E-state index contributed by atoms with van der Waals surface area (Å²) in [6.45, 7) is 3.19. The lowest BCUT2D eigenvalue weighted by molar-refractivity contribution is -0.137. The van der Waals surface area contributed by atoms with Crippen LogP contribution in [-0.4, -0.2) is 36.1 Å². The molecule has 1 aliphatic heterocycles. The van der Waals surface area contributed by atoms with Crippen molar-refractivity contribution < 1.29 is 27.9 Å². The van der Waals surface area contributed by atoms with Gasteiger partial charge >= 0.3 is 12.1 Å². The Morgan fingerprint density at radius 3 is 2.33 bits per heavy atom. The van der Waals surface area contributed by atoms with Gasteiger partial charge in [0.1, 0.15) is 0 Å². The van der Waals surface area contributed by atoms with E-state index in [1.54, 1.807) is 12.1 Å². The Kier molecular flexibility index (Phi) is 7.83. The zero-order valence-electron chi connectivity index (χ0n) is 20.0. The number of anilines is 1. The summed E-state index contributed by atoms with van der Waals surface area (Å²) in [6.07, 6.45) is -0.427. The molecule has 1 saturated heterocycles. The minimum absolute atomic E-state index is 0.00396. The maximum absolute atomic E-state index is 13.1. The molecule has 0 radical (unpaired) electrons. The number of rotatable bonds is 6. The van der Waals surface area contributed by atoms with E-state index in [-0.39, 0.29) is 35.3 Å². The van der Waals surface area contributed by atoms with E-state index in [2.05, 4.69) is 5.32 Å². The van der Waals surface area contributed by atoms with Gasteiger partial charge in [-0.15, -0.1) is 0 Å². The van der Waals surface area contributed by atoms with Crippen LogP contribution in [0, 0.1) is 11.8 Å². The normalized spacial score (nSPS) is 21.9.